The molecule has 0 fully saturated rings. The van der Waals surface area contributed by atoms with Crippen LogP contribution < -0.4 is 9.64 Å². The van der Waals surface area contributed by atoms with E-state index >= 15 is 0 Å². The van der Waals surface area contributed by atoms with Crippen molar-refractivity contribution in [2.75, 3.05) is 12.0 Å². The monoisotopic (exact) mass is 395 g/mol. The van der Waals surface area contributed by atoms with Gasteiger partial charge in [0.15, 0.2) is 0 Å². The Morgan fingerprint density at radius 3 is 2.33 bits per heavy atom. The number of allylic oxidation sites excluding steroid dienone is 1. The van der Waals surface area contributed by atoms with Gasteiger partial charge >= 0.3 is 0 Å². The lowest BCUT2D eigenvalue weighted by atomic mass is 9.83. The van der Waals surface area contributed by atoms with Gasteiger partial charge in [-0.1, -0.05) is 81.0 Å². The number of fused-ring (bicyclic) bond motifs is 4. The number of rotatable bonds is 2. The quantitative estimate of drug-likeness (QED) is 0.452. The van der Waals surface area contributed by atoms with Gasteiger partial charge in [-0.15, -0.1) is 0 Å². The second kappa shape index (κ2) is 6.77. The van der Waals surface area contributed by atoms with Crippen LogP contribution in [0.15, 0.2) is 60.2 Å². The molecule has 0 amide bonds. The molecule has 0 N–H and O–H groups in total. The Kier molecular flexibility index (Phi) is 4.28. The van der Waals surface area contributed by atoms with E-state index in [0.29, 0.717) is 0 Å². The fourth-order valence-electron chi connectivity index (χ4n) is 4.97. The van der Waals surface area contributed by atoms with E-state index in [2.05, 4.69) is 93.3 Å². The lowest BCUT2D eigenvalue weighted by Gasteiger charge is -2.36. The minimum absolute atomic E-state index is 0.00116. The Labute approximate surface area is 179 Å². The molecular formula is C28H29NO. The summed E-state index contributed by atoms with van der Waals surface area (Å²) in [5.74, 6) is 1.00. The van der Waals surface area contributed by atoms with Crippen LogP contribution in [-0.2, 0) is 18.4 Å². The summed E-state index contributed by atoms with van der Waals surface area (Å²) in [4.78, 5) is 2.47. The van der Waals surface area contributed by atoms with E-state index in [1.807, 2.05) is 7.11 Å². The zero-order valence-corrected chi connectivity index (χ0v) is 18.5. The first-order valence-corrected chi connectivity index (χ1v) is 10.7. The SMILES string of the molecule is COc1c(C(C)(C)C)cc2c(c1N1Cc3ccccc3-c3ccccc31)C=C(C)C2. The molecule has 2 heteroatoms. The lowest BCUT2D eigenvalue weighted by Crippen LogP contribution is -2.24. The Morgan fingerprint density at radius 1 is 0.900 bits per heavy atom. The van der Waals surface area contributed by atoms with Gasteiger partial charge in [0, 0.05) is 28.9 Å². The molecule has 0 unspecified atom stereocenters. The van der Waals surface area contributed by atoms with Crippen molar-refractivity contribution in [3.05, 3.63) is 82.4 Å². The van der Waals surface area contributed by atoms with Gasteiger partial charge in [-0.25, -0.2) is 0 Å². The highest BCUT2D eigenvalue weighted by Gasteiger charge is 2.32. The molecule has 0 spiro atoms. The highest BCUT2D eigenvalue weighted by Crippen LogP contribution is 2.51. The first-order valence-electron chi connectivity index (χ1n) is 10.7. The van der Waals surface area contributed by atoms with Crippen molar-refractivity contribution in [1.29, 1.82) is 0 Å². The van der Waals surface area contributed by atoms with Crippen LogP contribution in [0.5, 0.6) is 5.75 Å². The van der Waals surface area contributed by atoms with E-state index in [-0.39, 0.29) is 5.41 Å². The summed E-state index contributed by atoms with van der Waals surface area (Å²) in [6.45, 7) is 9.89. The van der Waals surface area contributed by atoms with Crippen molar-refractivity contribution in [1.82, 2.24) is 0 Å². The number of para-hydroxylation sites is 1. The third kappa shape index (κ3) is 2.86. The summed E-state index contributed by atoms with van der Waals surface area (Å²) >= 11 is 0. The van der Waals surface area contributed by atoms with Gasteiger partial charge in [0.1, 0.15) is 5.75 Å². The predicted molar refractivity (Wildman–Crippen MR) is 127 cm³/mol. The van der Waals surface area contributed by atoms with E-state index in [1.54, 1.807) is 0 Å². The van der Waals surface area contributed by atoms with Gasteiger partial charge in [0.2, 0.25) is 0 Å². The Bertz CT molecular complexity index is 1180. The van der Waals surface area contributed by atoms with Gasteiger partial charge < -0.3 is 9.64 Å². The van der Waals surface area contributed by atoms with Crippen LogP contribution in [0.4, 0.5) is 11.4 Å². The summed E-state index contributed by atoms with van der Waals surface area (Å²) in [6, 6.07) is 19.9. The number of methoxy groups -OCH3 is 1. The molecule has 0 aromatic heterocycles. The summed E-state index contributed by atoms with van der Waals surface area (Å²) in [5, 5.41) is 0. The number of ether oxygens (including phenoxy) is 1. The largest absolute Gasteiger partial charge is 0.494 e. The molecule has 0 bridgehead atoms. The molecule has 0 saturated heterocycles. The van der Waals surface area contributed by atoms with Crippen molar-refractivity contribution in [3.8, 4) is 16.9 Å². The van der Waals surface area contributed by atoms with Crippen molar-refractivity contribution < 1.29 is 4.74 Å². The molecule has 0 radical (unpaired) electrons. The second-order valence-corrected chi connectivity index (χ2v) is 9.56. The molecule has 2 aliphatic rings. The molecule has 5 rings (SSSR count). The summed E-state index contributed by atoms with van der Waals surface area (Å²) in [5.41, 5.74) is 11.8. The first-order chi connectivity index (χ1) is 14.4. The molecule has 0 saturated carbocycles. The fraction of sp³-hybridized carbons (Fsp3) is 0.286. The number of nitrogens with zero attached hydrogens (tertiary/aromatic N) is 1. The van der Waals surface area contributed by atoms with Crippen LogP contribution in [0.2, 0.25) is 0 Å². The molecule has 1 aliphatic carbocycles. The van der Waals surface area contributed by atoms with Crippen LogP contribution in [0.25, 0.3) is 17.2 Å². The standard InChI is InChI=1S/C28H29NO/c1-18-14-20-16-24(28(2,3)4)27(30-5)26(23(20)15-18)29-17-19-10-6-7-11-21(19)22-12-8-9-13-25(22)29/h6-13,15-16H,14,17H2,1-5H3. The fourth-order valence-corrected chi connectivity index (χ4v) is 4.97. The van der Waals surface area contributed by atoms with Crippen LogP contribution in [-0.4, -0.2) is 7.11 Å². The van der Waals surface area contributed by atoms with Gasteiger partial charge in [-0.3, -0.25) is 0 Å². The van der Waals surface area contributed by atoms with Gasteiger partial charge in [0.05, 0.1) is 12.8 Å². The Hall–Kier alpha value is -3.00. The van der Waals surface area contributed by atoms with Crippen molar-refractivity contribution in [2.24, 2.45) is 0 Å². The van der Waals surface area contributed by atoms with Gasteiger partial charge in [-0.2, -0.15) is 0 Å². The van der Waals surface area contributed by atoms with Crippen LogP contribution >= 0.6 is 0 Å². The normalized spacial score (nSPS) is 14.7. The van der Waals surface area contributed by atoms with E-state index in [4.69, 9.17) is 4.74 Å². The highest BCUT2D eigenvalue weighted by molar-refractivity contribution is 5.92. The summed E-state index contributed by atoms with van der Waals surface area (Å²) < 4.78 is 6.15. The maximum atomic E-state index is 6.15. The highest BCUT2D eigenvalue weighted by atomic mass is 16.5. The minimum Gasteiger partial charge on any atom is -0.494 e. The topological polar surface area (TPSA) is 12.5 Å². The second-order valence-electron chi connectivity index (χ2n) is 9.56. The lowest BCUT2D eigenvalue weighted by molar-refractivity contribution is 0.398. The smallest absolute Gasteiger partial charge is 0.146 e. The molecule has 1 aliphatic heterocycles. The Balaban J connectivity index is 1.82. The van der Waals surface area contributed by atoms with E-state index in [9.17, 15) is 0 Å². The van der Waals surface area contributed by atoms with Crippen molar-refractivity contribution >= 4 is 17.5 Å². The number of anilines is 2. The molecule has 1 heterocycles. The third-order valence-corrected chi connectivity index (χ3v) is 6.35. The first kappa shape index (κ1) is 19.0. The maximum Gasteiger partial charge on any atom is 0.146 e. The molecule has 2 nitrogen and oxygen atoms in total. The molecule has 3 aromatic rings. The molecule has 3 aromatic carbocycles. The average molecular weight is 396 g/mol. The predicted octanol–water partition coefficient (Wildman–Crippen LogP) is 7.27. The molecular weight excluding hydrogens is 366 g/mol. The number of hydrogen-bond acceptors (Lipinski definition) is 2. The van der Waals surface area contributed by atoms with Crippen molar-refractivity contribution in [2.45, 2.75) is 46.1 Å². The summed E-state index contributed by atoms with van der Waals surface area (Å²) in [6.07, 6.45) is 3.37. The zero-order chi connectivity index (χ0) is 21.0. The third-order valence-electron chi connectivity index (χ3n) is 6.35. The number of benzene rings is 3. The Morgan fingerprint density at radius 2 is 1.60 bits per heavy atom. The van der Waals surface area contributed by atoms with Gasteiger partial charge in [-0.05, 0) is 41.5 Å². The molecule has 0 atom stereocenters. The van der Waals surface area contributed by atoms with Crippen LogP contribution in [0.1, 0.15) is 49.9 Å². The van der Waals surface area contributed by atoms with Gasteiger partial charge in [0.25, 0.3) is 0 Å². The average Bonchev–Trinajstić information content (AvgIpc) is 3.11. The van der Waals surface area contributed by atoms with E-state index in [1.165, 1.54) is 50.3 Å². The van der Waals surface area contributed by atoms with E-state index in [0.717, 1.165) is 18.7 Å². The van der Waals surface area contributed by atoms with E-state index < -0.39 is 0 Å². The zero-order valence-electron chi connectivity index (χ0n) is 18.5. The maximum absolute atomic E-state index is 6.15. The number of hydrogen-bond donors (Lipinski definition) is 0. The molecule has 30 heavy (non-hydrogen) atoms. The molecule has 152 valence electrons. The van der Waals surface area contributed by atoms with Crippen LogP contribution in [0.3, 0.4) is 0 Å². The van der Waals surface area contributed by atoms with Crippen LogP contribution in [0, 0.1) is 0 Å². The minimum atomic E-state index is -0.00116. The van der Waals surface area contributed by atoms with Crippen molar-refractivity contribution in [3.63, 3.8) is 0 Å². The summed E-state index contributed by atoms with van der Waals surface area (Å²) in [7, 11) is 1.82.